The number of amides is 2. The first-order chi connectivity index (χ1) is 12.5. The van der Waals surface area contributed by atoms with E-state index in [4.69, 9.17) is 0 Å². The van der Waals surface area contributed by atoms with E-state index in [2.05, 4.69) is 26.8 Å². The number of sulfone groups is 1. The van der Waals surface area contributed by atoms with Crippen LogP contribution >= 0.6 is 0 Å². The standard InChI is InChI=1S/C15H17N5O5S2/c1-4-9-26(22,23)12-7-5-6-8-13(12)27(24,25)20-15(21)19-14-17-10(2)16-11(3)18-14/h4-8H,1,9H2,2-3H3,(H2,16,17,18,19,20,21). The minimum absolute atomic E-state index is 0.139. The molecule has 0 spiro atoms. The quantitative estimate of drug-likeness (QED) is 0.668. The Kier molecular flexibility index (Phi) is 5.91. The molecule has 144 valence electrons. The second-order valence-electron chi connectivity index (χ2n) is 5.33. The van der Waals surface area contributed by atoms with Crippen molar-refractivity contribution in [3.05, 3.63) is 48.6 Å². The van der Waals surface area contributed by atoms with Gasteiger partial charge in [-0.3, -0.25) is 5.32 Å². The summed E-state index contributed by atoms with van der Waals surface area (Å²) in [5.74, 6) is 0.0816. The van der Waals surface area contributed by atoms with Crippen LogP contribution in [-0.2, 0) is 19.9 Å². The Labute approximate surface area is 156 Å². The summed E-state index contributed by atoms with van der Waals surface area (Å²) in [4.78, 5) is 22.7. The average Bonchev–Trinajstić information content (AvgIpc) is 2.53. The molecule has 12 heteroatoms. The average molecular weight is 411 g/mol. The molecule has 1 heterocycles. The van der Waals surface area contributed by atoms with Crippen molar-refractivity contribution in [2.24, 2.45) is 0 Å². The number of rotatable bonds is 6. The Balaban J connectivity index is 2.32. The first-order valence-corrected chi connectivity index (χ1v) is 10.6. The third kappa shape index (κ3) is 5.08. The molecule has 0 unspecified atom stereocenters. The zero-order valence-electron chi connectivity index (χ0n) is 14.5. The Morgan fingerprint density at radius 1 is 1.04 bits per heavy atom. The van der Waals surface area contributed by atoms with E-state index >= 15 is 0 Å². The van der Waals surface area contributed by atoms with Crippen molar-refractivity contribution in [2.75, 3.05) is 11.1 Å². The molecule has 2 N–H and O–H groups in total. The van der Waals surface area contributed by atoms with E-state index in [-0.39, 0.29) is 5.95 Å². The van der Waals surface area contributed by atoms with Crippen LogP contribution in [0, 0.1) is 13.8 Å². The number of hydrogen-bond donors (Lipinski definition) is 2. The molecule has 1 aromatic heterocycles. The molecule has 10 nitrogen and oxygen atoms in total. The smallest absolute Gasteiger partial charge is 0.275 e. The number of anilines is 1. The van der Waals surface area contributed by atoms with Crippen molar-refractivity contribution in [1.29, 1.82) is 0 Å². The van der Waals surface area contributed by atoms with Gasteiger partial charge in [-0.2, -0.15) is 9.97 Å². The molecule has 1 aromatic carbocycles. The third-order valence-electron chi connectivity index (χ3n) is 3.12. The summed E-state index contributed by atoms with van der Waals surface area (Å²) in [7, 11) is -8.41. The Hall–Kier alpha value is -2.86. The van der Waals surface area contributed by atoms with Gasteiger partial charge in [0.15, 0.2) is 9.84 Å². The van der Waals surface area contributed by atoms with Crippen LogP contribution in [0.25, 0.3) is 0 Å². The number of aromatic nitrogens is 3. The third-order valence-corrected chi connectivity index (χ3v) is 6.34. The minimum atomic E-state index is -4.48. The molecule has 0 atom stereocenters. The van der Waals surface area contributed by atoms with Crippen LogP contribution in [0.2, 0.25) is 0 Å². The molecule has 0 bridgehead atoms. The van der Waals surface area contributed by atoms with Crippen LogP contribution < -0.4 is 10.0 Å². The molecule has 0 saturated heterocycles. The maximum absolute atomic E-state index is 12.5. The number of hydrogen-bond acceptors (Lipinski definition) is 8. The highest BCUT2D eigenvalue weighted by molar-refractivity contribution is 7.94. The summed E-state index contributed by atoms with van der Waals surface area (Å²) < 4.78 is 51.3. The second-order valence-corrected chi connectivity index (χ2v) is 8.98. The van der Waals surface area contributed by atoms with Gasteiger partial charge in [-0.05, 0) is 26.0 Å². The van der Waals surface area contributed by atoms with E-state index in [9.17, 15) is 21.6 Å². The monoisotopic (exact) mass is 411 g/mol. The lowest BCUT2D eigenvalue weighted by Gasteiger charge is -2.12. The van der Waals surface area contributed by atoms with Crippen molar-refractivity contribution in [3.63, 3.8) is 0 Å². The first-order valence-electron chi connectivity index (χ1n) is 7.51. The predicted octanol–water partition coefficient (Wildman–Crippen LogP) is 0.959. The molecule has 0 saturated carbocycles. The molecular formula is C15H17N5O5S2. The van der Waals surface area contributed by atoms with Crippen molar-refractivity contribution < 1.29 is 21.6 Å². The molecule has 0 radical (unpaired) electrons. The van der Waals surface area contributed by atoms with Crippen molar-refractivity contribution >= 4 is 31.8 Å². The summed E-state index contributed by atoms with van der Waals surface area (Å²) in [6.45, 7) is 6.50. The van der Waals surface area contributed by atoms with Gasteiger partial charge in [0.05, 0.1) is 10.6 Å². The zero-order valence-corrected chi connectivity index (χ0v) is 16.1. The fourth-order valence-corrected chi connectivity index (χ4v) is 5.01. The Bertz CT molecular complexity index is 1080. The van der Waals surface area contributed by atoms with Crippen LogP contribution in [0.1, 0.15) is 11.6 Å². The summed E-state index contributed by atoms with van der Waals surface area (Å²) in [6, 6.07) is 3.81. The Morgan fingerprint density at radius 2 is 1.59 bits per heavy atom. The van der Waals surface area contributed by atoms with E-state index in [1.165, 1.54) is 12.1 Å². The largest absolute Gasteiger partial charge is 0.335 e. The van der Waals surface area contributed by atoms with Gasteiger partial charge >= 0.3 is 6.03 Å². The number of nitrogens with zero attached hydrogens (tertiary/aromatic N) is 3. The molecule has 0 fully saturated rings. The van der Waals surface area contributed by atoms with Crippen LogP contribution in [-0.4, -0.2) is 43.6 Å². The van der Waals surface area contributed by atoms with Gasteiger partial charge < -0.3 is 0 Å². The van der Waals surface area contributed by atoms with E-state index in [1.54, 1.807) is 18.6 Å². The van der Waals surface area contributed by atoms with Gasteiger partial charge in [0.25, 0.3) is 10.0 Å². The molecule has 2 amide bonds. The topological polar surface area (TPSA) is 148 Å². The zero-order chi connectivity index (χ0) is 20.2. The number of carbonyl (C=O) groups is 1. The number of sulfonamides is 1. The summed E-state index contributed by atoms with van der Waals surface area (Å²) in [6.07, 6.45) is 1.14. The lowest BCUT2D eigenvalue weighted by molar-refractivity contribution is 0.256. The fraction of sp³-hybridized carbons (Fsp3) is 0.200. The van der Waals surface area contributed by atoms with Gasteiger partial charge in [-0.15, -0.1) is 6.58 Å². The van der Waals surface area contributed by atoms with Crippen molar-refractivity contribution in [2.45, 2.75) is 23.6 Å². The number of urea groups is 1. The summed E-state index contributed by atoms with van der Waals surface area (Å²) in [5, 5.41) is 2.18. The molecule has 27 heavy (non-hydrogen) atoms. The highest BCUT2D eigenvalue weighted by Gasteiger charge is 2.27. The maximum atomic E-state index is 12.5. The van der Waals surface area contributed by atoms with Crippen LogP contribution in [0.3, 0.4) is 0 Å². The van der Waals surface area contributed by atoms with Crippen LogP contribution in [0.15, 0.2) is 46.7 Å². The number of benzene rings is 1. The van der Waals surface area contributed by atoms with Gasteiger partial charge in [0, 0.05) is 0 Å². The normalized spacial score (nSPS) is 11.6. The lowest BCUT2D eigenvalue weighted by atomic mass is 10.4. The number of carbonyl (C=O) groups excluding carboxylic acids is 1. The van der Waals surface area contributed by atoms with E-state index < -0.39 is 41.4 Å². The molecule has 0 aliphatic heterocycles. The van der Waals surface area contributed by atoms with Crippen molar-refractivity contribution in [3.8, 4) is 0 Å². The Morgan fingerprint density at radius 3 is 2.15 bits per heavy atom. The summed E-state index contributed by atoms with van der Waals surface area (Å²) >= 11 is 0. The second kappa shape index (κ2) is 7.80. The molecule has 0 aliphatic carbocycles. The van der Waals surface area contributed by atoms with E-state index in [0.29, 0.717) is 11.6 Å². The lowest BCUT2D eigenvalue weighted by Crippen LogP contribution is -2.35. The van der Waals surface area contributed by atoms with Crippen molar-refractivity contribution in [1.82, 2.24) is 19.7 Å². The first kappa shape index (κ1) is 20.5. The fourth-order valence-electron chi connectivity index (χ4n) is 2.15. The van der Waals surface area contributed by atoms with E-state index in [0.717, 1.165) is 18.2 Å². The summed E-state index contributed by atoms with van der Waals surface area (Å²) in [5.41, 5.74) is 0. The SMILES string of the molecule is C=CCS(=O)(=O)c1ccccc1S(=O)(=O)NC(=O)Nc1nc(C)nc(C)n1. The number of nitrogens with one attached hydrogen (secondary N) is 2. The van der Waals surface area contributed by atoms with Gasteiger partial charge in [0.1, 0.15) is 16.5 Å². The van der Waals surface area contributed by atoms with E-state index in [1.807, 2.05) is 0 Å². The van der Waals surface area contributed by atoms with Gasteiger partial charge in [-0.25, -0.2) is 31.3 Å². The highest BCUT2D eigenvalue weighted by atomic mass is 32.2. The molecule has 2 aromatic rings. The minimum Gasteiger partial charge on any atom is -0.275 e. The van der Waals surface area contributed by atoms with Crippen LogP contribution in [0.4, 0.5) is 10.7 Å². The maximum Gasteiger partial charge on any atom is 0.335 e. The highest BCUT2D eigenvalue weighted by Crippen LogP contribution is 2.22. The molecular weight excluding hydrogens is 394 g/mol. The number of aryl methyl sites for hydroxylation is 2. The van der Waals surface area contributed by atoms with Gasteiger partial charge in [0.2, 0.25) is 5.95 Å². The van der Waals surface area contributed by atoms with Crippen LogP contribution in [0.5, 0.6) is 0 Å². The predicted molar refractivity (Wildman–Crippen MR) is 97.3 cm³/mol. The molecule has 0 aliphatic rings. The van der Waals surface area contributed by atoms with Gasteiger partial charge in [-0.1, -0.05) is 18.2 Å². The molecule has 2 rings (SSSR count).